The number of aromatic nitrogens is 1. The molecule has 2 atom stereocenters. The van der Waals surface area contributed by atoms with Crippen LogP contribution in [-0.4, -0.2) is 52.6 Å². The van der Waals surface area contributed by atoms with Crippen molar-refractivity contribution in [1.29, 1.82) is 0 Å². The van der Waals surface area contributed by atoms with Crippen LogP contribution in [0.1, 0.15) is 28.9 Å². The van der Waals surface area contributed by atoms with Crippen molar-refractivity contribution in [3.8, 4) is 0 Å². The number of rotatable bonds is 5. The normalized spacial score (nSPS) is 18.3. The van der Waals surface area contributed by atoms with E-state index in [1.807, 2.05) is 6.92 Å². The Morgan fingerprint density at radius 1 is 1.41 bits per heavy atom. The number of nitrogens with one attached hydrogen (secondary N) is 1. The molecule has 1 aliphatic heterocycles. The minimum Gasteiger partial charge on any atom is -0.386 e. The van der Waals surface area contributed by atoms with Crippen LogP contribution in [0.2, 0.25) is 5.15 Å². The third kappa shape index (κ3) is 4.44. The lowest BCUT2D eigenvalue weighted by atomic mass is 10.00. The van der Waals surface area contributed by atoms with Crippen LogP contribution >= 0.6 is 11.6 Å². The molecular formula is C19H20ClN3O4. The van der Waals surface area contributed by atoms with Gasteiger partial charge in [-0.1, -0.05) is 23.7 Å². The number of likely N-dealkylation sites (N-methyl/N-ethyl adjacent to an activating group) is 1. The molecule has 1 fully saturated rings. The zero-order valence-corrected chi connectivity index (χ0v) is 15.5. The lowest BCUT2D eigenvalue weighted by Crippen LogP contribution is -2.51. The molecule has 7 nitrogen and oxygen atoms in total. The van der Waals surface area contributed by atoms with Gasteiger partial charge >= 0.3 is 0 Å². The van der Waals surface area contributed by atoms with Gasteiger partial charge in [0.1, 0.15) is 17.9 Å². The third-order valence-corrected chi connectivity index (χ3v) is 4.65. The van der Waals surface area contributed by atoms with E-state index in [0.29, 0.717) is 23.4 Å². The summed E-state index contributed by atoms with van der Waals surface area (Å²) in [6, 6.07) is 9.44. The monoisotopic (exact) mass is 389 g/mol. The fourth-order valence-electron chi connectivity index (χ4n) is 3.03. The van der Waals surface area contributed by atoms with Crippen molar-refractivity contribution in [2.24, 2.45) is 0 Å². The number of hydrogen-bond donors (Lipinski definition) is 2. The highest BCUT2D eigenvalue weighted by Gasteiger charge is 2.33. The maximum Gasteiger partial charge on any atom is 0.255 e. The summed E-state index contributed by atoms with van der Waals surface area (Å²) >= 11 is 5.80. The van der Waals surface area contributed by atoms with Gasteiger partial charge in [-0.15, -0.1) is 0 Å². The number of nitrogens with zero attached hydrogens (tertiary/aromatic N) is 2. The average Bonchev–Trinajstić information content (AvgIpc) is 2.68. The molecule has 0 radical (unpaired) electrons. The van der Waals surface area contributed by atoms with Crippen LogP contribution in [0.25, 0.3) is 0 Å². The Bertz CT molecular complexity index is 828. The van der Waals surface area contributed by atoms with Crippen LogP contribution in [0.5, 0.6) is 0 Å². The number of aliphatic hydroxyl groups is 1. The maximum atomic E-state index is 12.2. The molecule has 8 heteroatoms. The predicted molar refractivity (Wildman–Crippen MR) is 101 cm³/mol. The van der Waals surface area contributed by atoms with E-state index in [4.69, 9.17) is 16.3 Å². The molecule has 2 amide bonds. The van der Waals surface area contributed by atoms with Crippen LogP contribution in [-0.2, 0) is 9.53 Å². The molecule has 1 aromatic carbocycles. The fourth-order valence-corrected chi connectivity index (χ4v) is 3.20. The second-order valence-electron chi connectivity index (χ2n) is 6.15. The molecule has 0 saturated carbocycles. The summed E-state index contributed by atoms with van der Waals surface area (Å²) in [5.74, 6) is -0.441. The van der Waals surface area contributed by atoms with Crippen LogP contribution in [0.4, 0.5) is 5.69 Å². The van der Waals surface area contributed by atoms with Gasteiger partial charge in [-0.2, -0.15) is 0 Å². The molecular weight excluding hydrogens is 370 g/mol. The first-order chi connectivity index (χ1) is 13.0. The number of halogens is 1. The van der Waals surface area contributed by atoms with E-state index in [9.17, 15) is 14.7 Å². The average molecular weight is 390 g/mol. The first kappa shape index (κ1) is 19.3. The van der Waals surface area contributed by atoms with E-state index in [1.54, 1.807) is 35.2 Å². The molecule has 3 rings (SSSR count). The van der Waals surface area contributed by atoms with Crippen molar-refractivity contribution >= 4 is 29.1 Å². The van der Waals surface area contributed by atoms with Gasteiger partial charge in [-0.25, -0.2) is 4.98 Å². The summed E-state index contributed by atoms with van der Waals surface area (Å²) in [7, 11) is 0. The number of hydrogen-bond acceptors (Lipinski definition) is 5. The van der Waals surface area contributed by atoms with Gasteiger partial charge in [0.15, 0.2) is 0 Å². The Balaban J connectivity index is 1.69. The van der Waals surface area contributed by atoms with Crippen LogP contribution in [0.3, 0.4) is 0 Å². The SMILES string of the molecule is CCN1C(=O)COCC1C(O)c1ccc(NC(=O)c2ccnc(Cl)c2)cc1. The summed E-state index contributed by atoms with van der Waals surface area (Å²) in [4.78, 5) is 29.6. The Morgan fingerprint density at radius 2 is 2.15 bits per heavy atom. The van der Waals surface area contributed by atoms with Crippen molar-refractivity contribution < 1.29 is 19.4 Å². The van der Waals surface area contributed by atoms with Crippen molar-refractivity contribution in [3.05, 3.63) is 58.9 Å². The molecule has 1 aromatic heterocycles. The molecule has 27 heavy (non-hydrogen) atoms. The lowest BCUT2D eigenvalue weighted by Gasteiger charge is -2.37. The first-order valence-electron chi connectivity index (χ1n) is 8.57. The number of benzene rings is 1. The molecule has 2 unspecified atom stereocenters. The number of morpholine rings is 1. The van der Waals surface area contributed by atoms with Crippen LogP contribution in [0.15, 0.2) is 42.6 Å². The number of pyridine rings is 1. The van der Waals surface area contributed by atoms with E-state index < -0.39 is 12.1 Å². The van der Waals surface area contributed by atoms with Crippen molar-refractivity contribution in [3.63, 3.8) is 0 Å². The van der Waals surface area contributed by atoms with Crippen molar-refractivity contribution in [2.45, 2.75) is 19.1 Å². The number of ether oxygens (including phenoxy) is 1. The van der Waals surface area contributed by atoms with E-state index in [-0.39, 0.29) is 30.2 Å². The standard InChI is InChI=1S/C19H20ClN3O4/c1-2-23-15(10-27-11-17(23)24)18(25)12-3-5-14(6-4-12)22-19(26)13-7-8-21-16(20)9-13/h3-9,15,18,25H,2,10-11H2,1H3,(H,22,26). The van der Waals surface area contributed by atoms with Gasteiger partial charge in [-0.05, 0) is 36.8 Å². The highest BCUT2D eigenvalue weighted by atomic mass is 35.5. The van der Waals surface area contributed by atoms with Crippen LogP contribution < -0.4 is 5.32 Å². The quantitative estimate of drug-likeness (QED) is 0.765. The van der Waals surface area contributed by atoms with Gasteiger partial charge in [0.05, 0.1) is 12.6 Å². The lowest BCUT2D eigenvalue weighted by molar-refractivity contribution is -0.153. The number of amides is 2. The van der Waals surface area contributed by atoms with Gasteiger partial charge < -0.3 is 20.1 Å². The predicted octanol–water partition coefficient (Wildman–Crippen LogP) is 2.27. The number of carbonyl (C=O) groups excluding carboxylic acids is 2. The topological polar surface area (TPSA) is 91.8 Å². The van der Waals surface area contributed by atoms with E-state index in [2.05, 4.69) is 10.3 Å². The van der Waals surface area contributed by atoms with Gasteiger partial charge in [0.25, 0.3) is 5.91 Å². The molecule has 0 bridgehead atoms. The summed E-state index contributed by atoms with van der Waals surface area (Å²) < 4.78 is 5.28. The second kappa shape index (κ2) is 8.47. The number of aliphatic hydroxyl groups excluding tert-OH is 1. The first-order valence-corrected chi connectivity index (χ1v) is 8.95. The van der Waals surface area contributed by atoms with E-state index in [1.165, 1.54) is 12.3 Å². The fraction of sp³-hybridized carbons (Fsp3) is 0.316. The van der Waals surface area contributed by atoms with E-state index in [0.717, 1.165) is 0 Å². The smallest absolute Gasteiger partial charge is 0.255 e. The molecule has 142 valence electrons. The molecule has 0 spiro atoms. The van der Waals surface area contributed by atoms with Gasteiger partial charge in [0.2, 0.25) is 5.91 Å². The zero-order valence-electron chi connectivity index (χ0n) is 14.8. The number of anilines is 1. The second-order valence-corrected chi connectivity index (χ2v) is 6.54. The van der Waals surface area contributed by atoms with Gasteiger partial charge in [-0.3, -0.25) is 9.59 Å². The zero-order chi connectivity index (χ0) is 19.4. The summed E-state index contributed by atoms with van der Waals surface area (Å²) in [6.45, 7) is 2.70. The number of carbonyl (C=O) groups is 2. The van der Waals surface area contributed by atoms with Gasteiger partial charge in [0, 0.05) is 24.0 Å². The third-order valence-electron chi connectivity index (χ3n) is 4.44. The highest BCUT2D eigenvalue weighted by Crippen LogP contribution is 2.25. The summed E-state index contributed by atoms with van der Waals surface area (Å²) in [6.07, 6.45) is 0.585. The molecule has 2 heterocycles. The molecule has 1 saturated heterocycles. The summed E-state index contributed by atoms with van der Waals surface area (Å²) in [5, 5.41) is 13.7. The minimum atomic E-state index is -0.877. The Hall–Kier alpha value is -2.48. The Labute approximate surface area is 161 Å². The van der Waals surface area contributed by atoms with Crippen LogP contribution in [0, 0.1) is 0 Å². The molecule has 2 aromatic rings. The molecule has 0 aliphatic carbocycles. The molecule has 1 aliphatic rings. The van der Waals surface area contributed by atoms with E-state index >= 15 is 0 Å². The minimum absolute atomic E-state index is 0.0427. The summed E-state index contributed by atoms with van der Waals surface area (Å²) in [5.41, 5.74) is 1.62. The highest BCUT2D eigenvalue weighted by molar-refractivity contribution is 6.29. The van der Waals surface area contributed by atoms with Crippen molar-refractivity contribution in [2.75, 3.05) is 25.1 Å². The Morgan fingerprint density at radius 3 is 2.81 bits per heavy atom. The largest absolute Gasteiger partial charge is 0.386 e. The Kier molecular flexibility index (Phi) is 6.05. The molecule has 2 N–H and O–H groups in total. The van der Waals surface area contributed by atoms with Crippen molar-refractivity contribution in [1.82, 2.24) is 9.88 Å². The maximum absolute atomic E-state index is 12.2.